The van der Waals surface area contributed by atoms with Gasteiger partial charge >= 0.3 is 12.1 Å². The Morgan fingerprint density at radius 1 is 1.08 bits per heavy atom. The molecule has 1 heterocycles. The van der Waals surface area contributed by atoms with E-state index < -0.39 is 29.4 Å². The van der Waals surface area contributed by atoms with E-state index in [9.17, 15) is 22.8 Å². The van der Waals surface area contributed by atoms with E-state index in [1.54, 1.807) is 43.3 Å². The Labute approximate surface area is 242 Å². The fourth-order valence-corrected chi connectivity index (χ4v) is 5.60. The van der Waals surface area contributed by atoms with E-state index in [0.29, 0.717) is 24.0 Å². The van der Waals surface area contributed by atoms with Crippen LogP contribution in [0, 0.1) is 7.14 Å². The van der Waals surface area contributed by atoms with Crippen molar-refractivity contribution in [3.63, 3.8) is 0 Å². The molecular formula is C26H18F3I2N3O4. The number of para-hydroxylation sites is 1. The van der Waals surface area contributed by atoms with Crippen LogP contribution in [-0.2, 0) is 15.7 Å². The quantitative estimate of drug-likeness (QED) is 0.135. The van der Waals surface area contributed by atoms with Crippen molar-refractivity contribution in [2.75, 3.05) is 7.11 Å². The lowest BCUT2D eigenvalue weighted by atomic mass is 10.1. The highest BCUT2D eigenvalue weighted by molar-refractivity contribution is 14.1. The lowest BCUT2D eigenvalue weighted by Crippen LogP contribution is -2.25. The number of rotatable bonds is 6. The van der Waals surface area contributed by atoms with E-state index in [2.05, 4.69) is 10.1 Å². The molecule has 0 unspecified atom stereocenters. The van der Waals surface area contributed by atoms with Crippen LogP contribution in [0.2, 0.25) is 0 Å². The number of carbonyl (C=O) groups is 1. The van der Waals surface area contributed by atoms with E-state index in [4.69, 9.17) is 9.47 Å². The molecule has 12 heteroatoms. The van der Waals surface area contributed by atoms with Gasteiger partial charge in [0.25, 0.3) is 5.56 Å². The largest absolute Gasteiger partial charge is 0.477 e. The highest BCUT2D eigenvalue weighted by Crippen LogP contribution is 2.32. The van der Waals surface area contributed by atoms with Crippen LogP contribution < -0.4 is 10.3 Å². The highest BCUT2D eigenvalue weighted by Gasteiger charge is 2.31. The Balaban J connectivity index is 1.81. The Bertz CT molecular complexity index is 1600. The molecule has 4 rings (SSSR count). The van der Waals surface area contributed by atoms with Crippen LogP contribution >= 0.6 is 45.2 Å². The van der Waals surface area contributed by atoms with Crippen molar-refractivity contribution in [3.05, 3.63) is 89.3 Å². The molecule has 0 saturated heterocycles. The molecule has 0 aliphatic heterocycles. The Morgan fingerprint density at radius 2 is 1.76 bits per heavy atom. The van der Waals surface area contributed by atoms with Gasteiger partial charge < -0.3 is 9.47 Å². The number of carbonyl (C=O) groups excluding carboxylic acids is 1. The van der Waals surface area contributed by atoms with Crippen molar-refractivity contribution in [2.45, 2.75) is 19.2 Å². The Morgan fingerprint density at radius 3 is 2.42 bits per heavy atom. The summed E-state index contributed by atoms with van der Waals surface area (Å²) in [6.07, 6.45) is -3.98. The smallest absolute Gasteiger partial charge is 0.416 e. The zero-order chi connectivity index (χ0) is 27.6. The van der Waals surface area contributed by atoms with Crippen molar-refractivity contribution >= 4 is 68.3 Å². The van der Waals surface area contributed by atoms with Crippen molar-refractivity contribution in [2.24, 2.45) is 5.10 Å². The summed E-state index contributed by atoms with van der Waals surface area (Å²) in [6, 6.07) is 14.6. The Hall–Kier alpha value is -3.01. The van der Waals surface area contributed by atoms with Gasteiger partial charge in [0.1, 0.15) is 5.75 Å². The van der Waals surface area contributed by atoms with Gasteiger partial charge in [0, 0.05) is 5.56 Å². The lowest BCUT2D eigenvalue weighted by molar-refractivity contribution is -0.148. The maximum absolute atomic E-state index is 13.4. The topological polar surface area (TPSA) is 82.8 Å². The molecule has 0 aliphatic rings. The molecule has 3 aromatic carbocycles. The fourth-order valence-electron chi connectivity index (χ4n) is 3.53. The molecule has 38 heavy (non-hydrogen) atoms. The minimum Gasteiger partial charge on any atom is -0.477 e. The van der Waals surface area contributed by atoms with Gasteiger partial charge in [-0.2, -0.15) is 22.9 Å². The van der Waals surface area contributed by atoms with Crippen molar-refractivity contribution in [3.8, 4) is 17.1 Å². The van der Waals surface area contributed by atoms with Crippen LogP contribution in [-0.4, -0.2) is 35.1 Å². The highest BCUT2D eigenvalue weighted by atomic mass is 127. The molecule has 4 aromatic rings. The Kier molecular flexibility index (Phi) is 8.40. The van der Waals surface area contributed by atoms with Gasteiger partial charge in [-0.3, -0.25) is 4.79 Å². The minimum atomic E-state index is -4.57. The summed E-state index contributed by atoms with van der Waals surface area (Å²) < 4.78 is 52.9. The van der Waals surface area contributed by atoms with Gasteiger partial charge in [-0.05, 0) is 94.1 Å². The normalized spacial score (nSPS) is 12.6. The number of hydrogen-bond donors (Lipinski definition) is 0. The molecule has 0 N–H and O–H groups in total. The van der Waals surface area contributed by atoms with Crippen LogP contribution in [0.3, 0.4) is 0 Å². The summed E-state index contributed by atoms with van der Waals surface area (Å²) in [5, 5.41) is 4.59. The summed E-state index contributed by atoms with van der Waals surface area (Å²) in [4.78, 5) is 29.6. The number of nitrogens with zero attached hydrogens (tertiary/aromatic N) is 3. The number of hydrogen-bond acceptors (Lipinski definition) is 6. The summed E-state index contributed by atoms with van der Waals surface area (Å²) in [5.74, 6) is -0.0738. The van der Waals surface area contributed by atoms with Crippen LogP contribution in [0.4, 0.5) is 13.2 Å². The summed E-state index contributed by atoms with van der Waals surface area (Å²) in [7, 11) is 1.27. The number of methoxy groups -OCH3 is 1. The second-order valence-corrected chi connectivity index (χ2v) is 10.3. The lowest BCUT2D eigenvalue weighted by Gasteiger charge is -2.15. The number of alkyl halides is 3. The van der Waals surface area contributed by atoms with Crippen molar-refractivity contribution < 1.29 is 27.4 Å². The summed E-state index contributed by atoms with van der Waals surface area (Å²) in [5.41, 5.74) is -0.387. The van der Waals surface area contributed by atoms with E-state index in [-0.39, 0.29) is 16.8 Å². The standard InChI is InChI=1S/C26H18F3I2N3O4/c1-14(25(36)37-2)38-22-19(30)10-15(11-20(22)31)13-32-34-23(16-6-5-7-17(12-16)26(27,28)29)33-21-9-4-3-8-18(21)24(34)35/h3-14H,1-2H3/t14-/m0/s1. The predicted octanol–water partition coefficient (Wildman–Crippen LogP) is 6.11. The molecule has 1 atom stereocenters. The van der Waals surface area contributed by atoms with Gasteiger partial charge in [-0.15, -0.1) is 0 Å². The molecule has 0 fully saturated rings. The third kappa shape index (κ3) is 6.00. The van der Waals surface area contributed by atoms with Gasteiger partial charge in [-0.25, -0.2) is 9.78 Å². The number of halogens is 5. The molecule has 7 nitrogen and oxygen atoms in total. The fraction of sp³-hybridized carbons (Fsp3) is 0.154. The van der Waals surface area contributed by atoms with Crippen LogP contribution in [0.5, 0.6) is 5.75 Å². The van der Waals surface area contributed by atoms with Gasteiger partial charge in [0.05, 0.1) is 36.9 Å². The first-order valence-corrected chi connectivity index (χ1v) is 13.1. The van der Waals surface area contributed by atoms with Crippen LogP contribution in [0.1, 0.15) is 18.1 Å². The monoisotopic (exact) mass is 747 g/mol. The number of aromatic nitrogens is 2. The van der Waals surface area contributed by atoms with Crippen LogP contribution in [0.15, 0.2) is 70.6 Å². The third-order valence-corrected chi connectivity index (χ3v) is 6.98. The van der Waals surface area contributed by atoms with Gasteiger partial charge in [0.15, 0.2) is 11.9 Å². The van der Waals surface area contributed by atoms with E-state index in [1.165, 1.54) is 25.5 Å². The zero-order valence-electron chi connectivity index (χ0n) is 19.8. The maximum Gasteiger partial charge on any atom is 0.416 e. The first-order valence-electron chi connectivity index (χ1n) is 11.0. The molecule has 0 bridgehead atoms. The molecule has 0 radical (unpaired) electrons. The van der Waals surface area contributed by atoms with Crippen molar-refractivity contribution in [1.82, 2.24) is 9.66 Å². The number of fused-ring (bicyclic) bond motifs is 1. The summed E-state index contributed by atoms with van der Waals surface area (Å²) >= 11 is 4.10. The summed E-state index contributed by atoms with van der Waals surface area (Å²) in [6.45, 7) is 1.57. The van der Waals surface area contributed by atoms with Crippen molar-refractivity contribution in [1.29, 1.82) is 0 Å². The van der Waals surface area contributed by atoms with Gasteiger partial charge in [-0.1, -0.05) is 24.3 Å². The molecule has 0 saturated carbocycles. The number of benzene rings is 3. The predicted molar refractivity (Wildman–Crippen MR) is 153 cm³/mol. The average molecular weight is 747 g/mol. The molecule has 196 valence electrons. The van der Waals surface area contributed by atoms with E-state index in [1.807, 2.05) is 45.2 Å². The molecule has 0 spiro atoms. The first kappa shape index (κ1) is 28.0. The molecular weight excluding hydrogens is 729 g/mol. The van der Waals surface area contributed by atoms with Gasteiger partial charge in [0.2, 0.25) is 0 Å². The zero-order valence-corrected chi connectivity index (χ0v) is 24.1. The minimum absolute atomic E-state index is 0.0349. The van der Waals surface area contributed by atoms with E-state index >= 15 is 0 Å². The first-order chi connectivity index (χ1) is 18.0. The average Bonchev–Trinajstić information content (AvgIpc) is 2.89. The maximum atomic E-state index is 13.4. The van der Waals surface area contributed by atoms with Crippen LogP contribution in [0.25, 0.3) is 22.3 Å². The number of esters is 1. The third-order valence-electron chi connectivity index (χ3n) is 5.37. The number of ether oxygens (including phenoxy) is 2. The SMILES string of the molecule is COC(=O)[C@H](C)Oc1c(I)cc(C=Nn2c(-c3cccc(C(F)(F)F)c3)nc3ccccc3c2=O)cc1I. The second kappa shape index (κ2) is 11.4. The second-order valence-electron chi connectivity index (χ2n) is 7.99. The molecule has 1 aromatic heterocycles. The van der Waals surface area contributed by atoms with E-state index in [0.717, 1.165) is 16.8 Å². The molecule has 0 amide bonds. The molecule has 0 aliphatic carbocycles.